The van der Waals surface area contributed by atoms with Crippen molar-refractivity contribution in [1.29, 1.82) is 0 Å². The van der Waals surface area contributed by atoms with E-state index in [0.717, 1.165) is 11.5 Å². The highest BCUT2D eigenvalue weighted by atomic mass is 32.2. The number of nitrogens with one attached hydrogen (secondary N) is 1. The topological polar surface area (TPSA) is 32.3 Å². The molecule has 1 aliphatic rings. The minimum absolute atomic E-state index is 0.0439. The van der Waals surface area contributed by atoms with E-state index < -0.39 is 0 Å². The summed E-state index contributed by atoms with van der Waals surface area (Å²) < 4.78 is 14.0. The van der Waals surface area contributed by atoms with E-state index in [1.165, 1.54) is 6.07 Å². The van der Waals surface area contributed by atoms with Gasteiger partial charge in [0.25, 0.3) is 0 Å². The minimum atomic E-state index is -0.369. The van der Waals surface area contributed by atoms with Crippen LogP contribution in [0.15, 0.2) is 24.3 Å². The Bertz CT molecular complexity index is 483. The van der Waals surface area contributed by atoms with Crippen molar-refractivity contribution in [3.63, 3.8) is 0 Å². The van der Waals surface area contributed by atoms with Crippen LogP contribution in [-0.4, -0.2) is 34.4 Å². The van der Waals surface area contributed by atoms with Crippen molar-refractivity contribution in [1.82, 2.24) is 10.2 Å². The molecule has 20 heavy (non-hydrogen) atoms. The normalized spacial score (nSPS) is 24.2. The lowest BCUT2D eigenvalue weighted by Gasteiger charge is -2.30. The Morgan fingerprint density at radius 2 is 2.15 bits per heavy atom. The number of rotatable bonds is 5. The van der Waals surface area contributed by atoms with Gasteiger partial charge in [0.2, 0.25) is 5.91 Å². The molecule has 1 fully saturated rings. The number of hydrogen-bond acceptors (Lipinski definition) is 3. The second kappa shape index (κ2) is 6.59. The molecular formula is C15H21FN2OS. The molecule has 0 aromatic heterocycles. The molecule has 1 heterocycles. The van der Waals surface area contributed by atoms with Crippen molar-refractivity contribution < 1.29 is 9.18 Å². The lowest BCUT2D eigenvalue weighted by Crippen LogP contribution is -2.40. The molecule has 2 rings (SSSR count). The molecule has 1 amide bonds. The van der Waals surface area contributed by atoms with Crippen LogP contribution in [-0.2, 0) is 4.79 Å². The molecule has 0 aliphatic carbocycles. The third-order valence-electron chi connectivity index (χ3n) is 3.55. The zero-order chi connectivity index (χ0) is 14.7. The van der Waals surface area contributed by atoms with Gasteiger partial charge in [-0.3, -0.25) is 10.1 Å². The van der Waals surface area contributed by atoms with Crippen molar-refractivity contribution in [3.05, 3.63) is 35.6 Å². The molecule has 1 aromatic carbocycles. The number of thioether (sulfide) groups is 1. The van der Waals surface area contributed by atoms with Gasteiger partial charge in [-0.15, -0.1) is 0 Å². The maximum Gasteiger partial charge on any atom is 0.241 e. The fraction of sp³-hybridized carbons (Fsp3) is 0.533. The highest BCUT2D eigenvalue weighted by Gasteiger charge is 2.40. The monoisotopic (exact) mass is 296 g/mol. The Kier molecular flexibility index (Phi) is 5.05. The molecule has 0 radical (unpaired) electrons. The third kappa shape index (κ3) is 2.99. The average Bonchev–Trinajstić information content (AvgIpc) is 2.73. The summed E-state index contributed by atoms with van der Waals surface area (Å²) in [6, 6.07) is 6.46. The van der Waals surface area contributed by atoms with Crippen LogP contribution in [0.2, 0.25) is 0 Å². The first-order valence-electron chi connectivity index (χ1n) is 6.96. The van der Waals surface area contributed by atoms with Crippen LogP contribution in [0, 0.1) is 5.82 Å². The van der Waals surface area contributed by atoms with Gasteiger partial charge in [-0.25, -0.2) is 4.39 Å². The molecule has 0 spiro atoms. The fourth-order valence-electron chi connectivity index (χ4n) is 2.52. The van der Waals surface area contributed by atoms with Crippen molar-refractivity contribution in [3.8, 4) is 0 Å². The molecule has 3 unspecified atom stereocenters. The first kappa shape index (κ1) is 15.3. The first-order valence-corrected chi connectivity index (χ1v) is 8.12. The quantitative estimate of drug-likeness (QED) is 0.907. The maximum absolute atomic E-state index is 14.0. The number of carbonyl (C=O) groups excluding carboxylic acids is 1. The van der Waals surface area contributed by atoms with Crippen LogP contribution in [0.1, 0.15) is 32.5 Å². The summed E-state index contributed by atoms with van der Waals surface area (Å²) in [6.45, 7) is 5.95. The van der Waals surface area contributed by atoms with Crippen LogP contribution in [0.25, 0.3) is 0 Å². The smallest absolute Gasteiger partial charge is 0.241 e. The largest absolute Gasteiger partial charge is 0.318 e. The Morgan fingerprint density at radius 1 is 1.45 bits per heavy atom. The van der Waals surface area contributed by atoms with Gasteiger partial charge in [-0.1, -0.05) is 25.1 Å². The summed E-state index contributed by atoms with van der Waals surface area (Å²) in [6.07, 6.45) is -0.369. The molecule has 1 N–H and O–H groups in total. The molecule has 0 bridgehead atoms. The molecule has 5 heteroatoms. The van der Waals surface area contributed by atoms with Gasteiger partial charge in [-0.2, -0.15) is 11.8 Å². The Balaban J connectivity index is 2.26. The summed E-state index contributed by atoms with van der Waals surface area (Å²) in [7, 11) is 0. The van der Waals surface area contributed by atoms with Crippen molar-refractivity contribution in [2.24, 2.45) is 0 Å². The van der Waals surface area contributed by atoms with Gasteiger partial charge in [0, 0.05) is 17.4 Å². The predicted molar refractivity (Wildman–Crippen MR) is 81.0 cm³/mol. The van der Waals surface area contributed by atoms with Gasteiger partial charge in [0.05, 0.1) is 6.04 Å². The van der Waals surface area contributed by atoms with E-state index >= 15 is 0 Å². The van der Waals surface area contributed by atoms with Crippen LogP contribution in [0.3, 0.4) is 0 Å². The van der Waals surface area contributed by atoms with Gasteiger partial charge in [-0.05, 0) is 25.7 Å². The summed E-state index contributed by atoms with van der Waals surface area (Å²) in [4.78, 5) is 14.1. The Labute approximate surface area is 123 Å². The van der Waals surface area contributed by atoms with Crippen molar-refractivity contribution >= 4 is 17.7 Å². The molecule has 1 saturated heterocycles. The van der Waals surface area contributed by atoms with Gasteiger partial charge in [0.15, 0.2) is 0 Å². The number of amides is 1. The maximum atomic E-state index is 14.0. The SMILES string of the molecule is CCSCC(C)N1C(=O)C(C)NC1c1ccccc1F. The van der Waals surface area contributed by atoms with Crippen molar-refractivity contribution in [2.75, 3.05) is 11.5 Å². The Hall–Kier alpha value is -1.07. The van der Waals surface area contributed by atoms with E-state index in [1.54, 1.807) is 34.9 Å². The van der Waals surface area contributed by atoms with Crippen LogP contribution in [0.4, 0.5) is 4.39 Å². The number of nitrogens with zero attached hydrogens (tertiary/aromatic N) is 1. The standard InChI is InChI=1S/C15H21FN2OS/c1-4-20-9-10(2)18-14(17-11(3)15(18)19)12-7-5-6-8-13(12)16/h5-8,10-11,14,17H,4,9H2,1-3H3. The summed E-state index contributed by atoms with van der Waals surface area (Å²) in [5.41, 5.74) is 0.540. The highest BCUT2D eigenvalue weighted by Crippen LogP contribution is 2.30. The van der Waals surface area contributed by atoms with Gasteiger partial charge in [0.1, 0.15) is 12.0 Å². The second-order valence-corrected chi connectivity index (χ2v) is 6.39. The second-order valence-electron chi connectivity index (χ2n) is 5.07. The summed E-state index contributed by atoms with van der Waals surface area (Å²) in [5, 5.41) is 3.20. The molecule has 3 nitrogen and oxygen atoms in total. The number of hydrogen-bond donors (Lipinski definition) is 1. The van der Waals surface area contributed by atoms with E-state index in [0.29, 0.717) is 5.56 Å². The van der Waals surface area contributed by atoms with Crippen LogP contribution < -0.4 is 5.32 Å². The highest BCUT2D eigenvalue weighted by molar-refractivity contribution is 7.99. The summed E-state index contributed by atoms with van der Waals surface area (Å²) in [5.74, 6) is 1.65. The molecule has 1 aliphatic heterocycles. The lowest BCUT2D eigenvalue weighted by atomic mass is 10.1. The van der Waals surface area contributed by atoms with E-state index in [2.05, 4.69) is 12.2 Å². The zero-order valence-electron chi connectivity index (χ0n) is 12.1. The molecule has 0 saturated carbocycles. The summed E-state index contributed by atoms with van der Waals surface area (Å²) >= 11 is 1.79. The van der Waals surface area contributed by atoms with E-state index in [9.17, 15) is 9.18 Å². The average molecular weight is 296 g/mol. The van der Waals surface area contributed by atoms with E-state index in [4.69, 9.17) is 0 Å². The van der Waals surface area contributed by atoms with Crippen molar-refractivity contribution in [2.45, 2.75) is 39.0 Å². The molecule has 3 atom stereocenters. The Morgan fingerprint density at radius 3 is 2.80 bits per heavy atom. The van der Waals surface area contributed by atoms with E-state index in [-0.39, 0.29) is 30.0 Å². The number of carbonyl (C=O) groups is 1. The first-order chi connectivity index (χ1) is 9.56. The number of halogens is 1. The molecule has 110 valence electrons. The fourth-order valence-corrected chi connectivity index (χ4v) is 3.25. The molecule has 1 aromatic rings. The predicted octanol–water partition coefficient (Wildman–Crippen LogP) is 2.79. The minimum Gasteiger partial charge on any atom is -0.318 e. The van der Waals surface area contributed by atoms with Crippen LogP contribution in [0.5, 0.6) is 0 Å². The van der Waals surface area contributed by atoms with E-state index in [1.807, 2.05) is 13.8 Å². The third-order valence-corrected chi connectivity index (χ3v) is 4.68. The van der Waals surface area contributed by atoms with Gasteiger partial charge < -0.3 is 4.90 Å². The van der Waals surface area contributed by atoms with Crippen LogP contribution >= 0.6 is 11.8 Å². The van der Waals surface area contributed by atoms with Gasteiger partial charge >= 0.3 is 0 Å². The molecular weight excluding hydrogens is 275 g/mol. The number of benzene rings is 1. The zero-order valence-corrected chi connectivity index (χ0v) is 12.9. The lowest BCUT2D eigenvalue weighted by molar-refractivity contribution is -0.131.